The van der Waals surface area contributed by atoms with Gasteiger partial charge >= 0.3 is 0 Å². The number of aliphatic imine (C=N–C) groups is 2. The Bertz CT molecular complexity index is 1160. The molecular weight excluding hydrogens is 651 g/mol. The van der Waals surface area contributed by atoms with E-state index in [9.17, 15) is 10.2 Å². The molecule has 0 spiro atoms. The molecule has 0 aliphatic carbocycles. The number of aromatic hydroxyl groups is 2. The number of rotatable bonds is 6. The molecule has 3 aromatic rings. The van der Waals surface area contributed by atoms with Crippen LogP contribution in [-0.4, -0.2) is 75.2 Å². The molecule has 3 aromatic carbocycles. The summed E-state index contributed by atoms with van der Waals surface area (Å²) in [6.07, 6.45) is 3.31. The zero-order valence-corrected chi connectivity index (χ0v) is 22.7. The Morgan fingerprint density at radius 1 is 0.622 bits per heavy atom. The SMILES string of the molecule is Oc1ccc(N2CCOCC2)cc1C=Nc1ccccc1N=Cc1cc(N2CCOCC2)ccc1O.[Pt]. The largest absolute Gasteiger partial charge is 0.507 e. The van der Waals surface area contributed by atoms with Gasteiger partial charge in [0.25, 0.3) is 0 Å². The molecule has 0 aromatic heterocycles. The summed E-state index contributed by atoms with van der Waals surface area (Å²) in [7, 11) is 0. The van der Waals surface area contributed by atoms with Crippen molar-refractivity contribution in [2.24, 2.45) is 9.98 Å². The van der Waals surface area contributed by atoms with Gasteiger partial charge in [0.2, 0.25) is 0 Å². The molecule has 2 aliphatic rings. The van der Waals surface area contributed by atoms with Crippen molar-refractivity contribution in [3.63, 3.8) is 0 Å². The molecule has 2 aliphatic heterocycles. The average molecular weight is 682 g/mol. The van der Waals surface area contributed by atoms with Gasteiger partial charge in [0.15, 0.2) is 0 Å². The summed E-state index contributed by atoms with van der Waals surface area (Å²) in [6, 6.07) is 18.6. The third kappa shape index (κ3) is 6.77. The molecule has 0 bridgehead atoms. The number of phenols is 2. The summed E-state index contributed by atoms with van der Waals surface area (Å²) in [4.78, 5) is 13.7. The van der Waals surface area contributed by atoms with Crippen LogP contribution in [0.2, 0.25) is 0 Å². The quantitative estimate of drug-likeness (QED) is 0.378. The van der Waals surface area contributed by atoms with Crippen molar-refractivity contribution < 1.29 is 40.8 Å². The topological polar surface area (TPSA) is 90.1 Å². The molecule has 0 atom stereocenters. The van der Waals surface area contributed by atoms with Gasteiger partial charge in [-0.3, -0.25) is 9.98 Å². The maximum Gasteiger partial charge on any atom is 0.124 e. The van der Waals surface area contributed by atoms with Crippen LogP contribution in [0, 0.1) is 0 Å². The second kappa shape index (κ2) is 12.9. The van der Waals surface area contributed by atoms with Crippen molar-refractivity contribution in [2.45, 2.75) is 0 Å². The number of phenolic OH excluding ortho intramolecular Hbond substituents is 2. The zero-order chi connectivity index (χ0) is 24.7. The van der Waals surface area contributed by atoms with Gasteiger partial charge in [0.1, 0.15) is 11.5 Å². The number of anilines is 2. The summed E-state index contributed by atoms with van der Waals surface area (Å²) < 4.78 is 10.9. The minimum Gasteiger partial charge on any atom is -0.507 e. The van der Waals surface area contributed by atoms with Gasteiger partial charge in [-0.2, -0.15) is 0 Å². The number of para-hydroxylation sites is 2. The van der Waals surface area contributed by atoms with Gasteiger partial charge in [-0.05, 0) is 48.5 Å². The van der Waals surface area contributed by atoms with Crippen molar-refractivity contribution in [1.29, 1.82) is 0 Å². The van der Waals surface area contributed by atoms with Crippen LogP contribution in [-0.2, 0) is 30.5 Å². The van der Waals surface area contributed by atoms with E-state index in [1.54, 1.807) is 24.6 Å². The standard InChI is InChI=1S/C28H30N4O4.Pt/c33-27-7-5-23(31-9-13-35-14-10-31)17-21(27)19-29-25-3-1-2-4-26(25)30-20-22-18-24(6-8-28(22)34)32-11-15-36-16-12-32;/h1-8,17-20,33-34H,9-16H2;. The third-order valence-electron chi connectivity index (χ3n) is 6.34. The van der Waals surface area contributed by atoms with Gasteiger partial charge in [-0.25, -0.2) is 0 Å². The molecule has 196 valence electrons. The van der Waals surface area contributed by atoms with E-state index in [1.807, 2.05) is 48.5 Å². The fourth-order valence-electron chi connectivity index (χ4n) is 4.29. The molecule has 8 nitrogen and oxygen atoms in total. The molecule has 2 fully saturated rings. The van der Waals surface area contributed by atoms with Gasteiger partial charge < -0.3 is 29.5 Å². The molecule has 0 amide bonds. The Labute approximate surface area is 231 Å². The second-order valence-electron chi connectivity index (χ2n) is 8.69. The van der Waals surface area contributed by atoms with Crippen LogP contribution >= 0.6 is 0 Å². The summed E-state index contributed by atoms with van der Waals surface area (Å²) in [6.45, 7) is 6.05. The van der Waals surface area contributed by atoms with Gasteiger partial charge in [-0.15, -0.1) is 0 Å². The third-order valence-corrected chi connectivity index (χ3v) is 6.34. The van der Waals surface area contributed by atoms with Crippen LogP contribution in [0.4, 0.5) is 22.7 Å². The van der Waals surface area contributed by atoms with E-state index in [1.165, 1.54) is 0 Å². The maximum atomic E-state index is 10.4. The summed E-state index contributed by atoms with van der Waals surface area (Å²) in [5.74, 6) is 0.336. The Balaban J connectivity index is 0.00000320. The summed E-state index contributed by atoms with van der Waals surface area (Å²) in [5.41, 5.74) is 4.64. The molecule has 9 heteroatoms. The van der Waals surface area contributed by atoms with Crippen LogP contribution in [0.3, 0.4) is 0 Å². The fraction of sp³-hybridized carbons (Fsp3) is 0.286. The molecular formula is C28H30N4O4Pt. The average Bonchev–Trinajstić information content (AvgIpc) is 2.93. The predicted octanol–water partition coefficient (Wildman–Crippen LogP) is 4.27. The van der Waals surface area contributed by atoms with E-state index < -0.39 is 0 Å². The van der Waals surface area contributed by atoms with E-state index >= 15 is 0 Å². The number of nitrogens with zero attached hydrogens (tertiary/aromatic N) is 4. The first-order valence-corrected chi connectivity index (χ1v) is 12.2. The monoisotopic (exact) mass is 681 g/mol. The molecule has 5 rings (SSSR count). The Kier molecular flexibility index (Phi) is 9.33. The number of morpholine rings is 2. The minimum absolute atomic E-state index is 0. The van der Waals surface area contributed by atoms with Gasteiger partial charge in [0.05, 0.1) is 37.8 Å². The van der Waals surface area contributed by atoms with Crippen LogP contribution in [0.5, 0.6) is 11.5 Å². The van der Waals surface area contributed by atoms with Crippen LogP contribution in [0.1, 0.15) is 11.1 Å². The van der Waals surface area contributed by atoms with Crippen molar-refractivity contribution in [3.05, 3.63) is 71.8 Å². The van der Waals surface area contributed by atoms with E-state index in [0.29, 0.717) is 48.9 Å². The van der Waals surface area contributed by atoms with E-state index in [0.717, 1.165) is 37.6 Å². The maximum absolute atomic E-state index is 10.4. The minimum atomic E-state index is 0. The molecule has 0 saturated carbocycles. The Hall–Kier alpha value is -3.19. The zero-order valence-electron chi connectivity index (χ0n) is 20.4. The van der Waals surface area contributed by atoms with Crippen LogP contribution in [0.15, 0.2) is 70.6 Å². The number of hydrogen-bond acceptors (Lipinski definition) is 8. The van der Waals surface area contributed by atoms with Crippen molar-refractivity contribution in [2.75, 3.05) is 62.4 Å². The first kappa shape index (κ1) is 26.9. The fourth-order valence-corrected chi connectivity index (χ4v) is 4.29. The van der Waals surface area contributed by atoms with E-state index in [4.69, 9.17) is 9.47 Å². The van der Waals surface area contributed by atoms with Gasteiger partial charge in [0, 0.05) is 82.2 Å². The Morgan fingerprint density at radius 3 is 1.43 bits per heavy atom. The Morgan fingerprint density at radius 2 is 1.03 bits per heavy atom. The van der Waals surface area contributed by atoms with E-state index in [2.05, 4.69) is 19.8 Å². The molecule has 0 radical (unpaired) electrons. The normalized spacial score (nSPS) is 16.3. The molecule has 37 heavy (non-hydrogen) atoms. The number of hydrogen-bond donors (Lipinski definition) is 2. The molecule has 2 N–H and O–H groups in total. The molecule has 0 unspecified atom stereocenters. The first-order chi connectivity index (χ1) is 17.7. The van der Waals surface area contributed by atoms with E-state index in [-0.39, 0.29) is 32.6 Å². The first-order valence-electron chi connectivity index (χ1n) is 12.2. The van der Waals surface area contributed by atoms with Crippen molar-refractivity contribution >= 4 is 35.2 Å². The molecule has 2 saturated heterocycles. The second-order valence-corrected chi connectivity index (χ2v) is 8.69. The smallest absolute Gasteiger partial charge is 0.124 e. The molecule has 2 heterocycles. The predicted molar refractivity (Wildman–Crippen MR) is 143 cm³/mol. The summed E-state index contributed by atoms with van der Waals surface area (Å²) >= 11 is 0. The van der Waals surface area contributed by atoms with Crippen LogP contribution in [0.25, 0.3) is 0 Å². The number of ether oxygens (including phenoxy) is 2. The number of benzene rings is 3. The van der Waals surface area contributed by atoms with Crippen LogP contribution < -0.4 is 9.80 Å². The van der Waals surface area contributed by atoms with Crippen molar-refractivity contribution in [1.82, 2.24) is 0 Å². The summed E-state index contributed by atoms with van der Waals surface area (Å²) in [5, 5.41) is 20.8. The van der Waals surface area contributed by atoms with Crippen molar-refractivity contribution in [3.8, 4) is 11.5 Å². The van der Waals surface area contributed by atoms with Gasteiger partial charge in [-0.1, -0.05) is 12.1 Å².